The lowest BCUT2D eigenvalue weighted by molar-refractivity contribution is 1.56. The predicted octanol–water partition coefficient (Wildman–Crippen LogP) is 5.24. The summed E-state index contributed by atoms with van der Waals surface area (Å²) in [6.07, 6.45) is 0. The molecule has 0 atom stereocenters. The molecule has 0 saturated carbocycles. The normalized spacial score (nSPS) is 10.1. The Morgan fingerprint density at radius 3 is 0.920 bits per heavy atom. The molecule has 1 heteroatoms. The van der Waals surface area contributed by atoms with Crippen molar-refractivity contribution >= 4 is 11.0 Å². The zero-order valence-electron chi connectivity index (χ0n) is 13.4. The van der Waals surface area contributed by atoms with E-state index < -0.39 is 0 Å². The number of rotatable bonds is 3. The first-order valence-electron chi connectivity index (χ1n) is 8.23. The quantitative estimate of drug-likeness (QED) is 0.448. The van der Waals surface area contributed by atoms with Crippen LogP contribution in [0.4, 0.5) is 0 Å². The van der Waals surface area contributed by atoms with Gasteiger partial charge in [-0.05, 0) is 44.3 Å². The first-order valence-corrected chi connectivity index (χ1v) is 8.23. The summed E-state index contributed by atoms with van der Waals surface area (Å²) in [5, 5.41) is 0. The maximum Gasteiger partial charge on any atom is -0.00992 e. The molecule has 0 saturated heterocycles. The summed E-state index contributed by atoms with van der Waals surface area (Å²) in [4.78, 5) is 0. The fraction of sp³-hybridized carbons (Fsp3) is 0. The standard InChI is InChI=1S/C24H18.H4Si/c1-3-11-19(12-4-1)21-15-7-9-17-23(21)24-18-10-8-16-22(24)20-13-5-2-6-14-20;/h1-18H;1H4. The van der Waals surface area contributed by atoms with Crippen molar-refractivity contribution in [3.05, 3.63) is 109 Å². The van der Waals surface area contributed by atoms with Gasteiger partial charge in [0.1, 0.15) is 0 Å². The maximum absolute atomic E-state index is 2.21. The minimum atomic E-state index is 0. The van der Waals surface area contributed by atoms with Gasteiger partial charge in [0, 0.05) is 0 Å². The summed E-state index contributed by atoms with van der Waals surface area (Å²) in [6.45, 7) is 0. The van der Waals surface area contributed by atoms with Crippen molar-refractivity contribution < 1.29 is 0 Å². The molecule has 25 heavy (non-hydrogen) atoms. The highest BCUT2D eigenvalue weighted by atomic mass is 28.1. The Labute approximate surface area is 153 Å². The van der Waals surface area contributed by atoms with Crippen molar-refractivity contribution in [1.82, 2.24) is 0 Å². The second-order valence-corrected chi connectivity index (χ2v) is 5.82. The third-order valence-corrected chi connectivity index (χ3v) is 4.31. The van der Waals surface area contributed by atoms with Crippen LogP contribution in [0, 0.1) is 0 Å². The van der Waals surface area contributed by atoms with Gasteiger partial charge < -0.3 is 0 Å². The van der Waals surface area contributed by atoms with Crippen LogP contribution in [0.25, 0.3) is 33.4 Å². The van der Waals surface area contributed by atoms with E-state index in [0.717, 1.165) is 0 Å². The summed E-state index contributed by atoms with van der Waals surface area (Å²) in [6, 6.07) is 38.4. The number of hydrogen-bond acceptors (Lipinski definition) is 0. The lowest BCUT2D eigenvalue weighted by atomic mass is 9.89. The number of hydrogen-bond donors (Lipinski definition) is 0. The van der Waals surface area contributed by atoms with Crippen LogP contribution in [0.3, 0.4) is 0 Å². The van der Waals surface area contributed by atoms with E-state index in [-0.39, 0.29) is 11.0 Å². The highest BCUT2D eigenvalue weighted by molar-refractivity contribution is 5.91. The van der Waals surface area contributed by atoms with Crippen LogP contribution in [-0.2, 0) is 0 Å². The van der Waals surface area contributed by atoms with Gasteiger partial charge in [-0.3, -0.25) is 0 Å². The maximum atomic E-state index is 2.21. The first-order chi connectivity index (χ1) is 11.9. The minimum absolute atomic E-state index is 0. The van der Waals surface area contributed by atoms with Crippen LogP contribution in [0.2, 0.25) is 0 Å². The Hall–Kier alpha value is -2.90. The molecule has 0 unspecified atom stereocenters. The summed E-state index contributed by atoms with van der Waals surface area (Å²) in [5.41, 5.74) is 7.56. The summed E-state index contributed by atoms with van der Waals surface area (Å²) >= 11 is 0. The van der Waals surface area contributed by atoms with Crippen LogP contribution in [0.5, 0.6) is 0 Å². The fourth-order valence-corrected chi connectivity index (χ4v) is 3.17. The van der Waals surface area contributed by atoms with Crippen LogP contribution in [0.15, 0.2) is 109 Å². The molecule has 0 spiro atoms. The van der Waals surface area contributed by atoms with Crippen molar-refractivity contribution in [2.24, 2.45) is 0 Å². The van der Waals surface area contributed by atoms with E-state index in [9.17, 15) is 0 Å². The van der Waals surface area contributed by atoms with Gasteiger partial charge in [-0.1, -0.05) is 109 Å². The third kappa shape index (κ3) is 3.47. The van der Waals surface area contributed by atoms with E-state index in [1.807, 2.05) is 0 Å². The molecule has 0 aromatic heterocycles. The molecule has 0 aliphatic carbocycles. The van der Waals surface area contributed by atoms with Crippen LogP contribution in [-0.4, -0.2) is 11.0 Å². The molecule has 4 aromatic carbocycles. The summed E-state index contributed by atoms with van der Waals surface area (Å²) in [5.74, 6) is 0. The largest absolute Gasteiger partial charge is 0.0622 e. The van der Waals surface area contributed by atoms with Gasteiger partial charge in [0.15, 0.2) is 0 Å². The van der Waals surface area contributed by atoms with Gasteiger partial charge in [-0.15, -0.1) is 0 Å². The fourth-order valence-electron chi connectivity index (χ4n) is 3.17. The molecule has 122 valence electrons. The van der Waals surface area contributed by atoms with E-state index >= 15 is 0 Å². The topological polar surface area (TPSA) is 0 Å². The molecule has 4 aromatic rings. The molecular weight excluding hydrogens is 316 g/mol. The van der Waals surface area contributed by atoms with E-state index in [2.05, 4.69) is 109 Å². The van der Waals surface area contributed by atoms with Gasteiger partial charge in [-0.2, -0.15) is 0 Å². The van der Waals surface area contributed by atoms with Crippen molar-refractivity contribution in [3.8, 4) is 33.4 Å². The van der Waals surface area contributed by atoms with Gasteiger partial charge in [0.25, 0.3) is 0 Å². The SMILES string of the molecule is [SiH4].c1ccc(-c2ccccc2-c2ccccc2-c2ccccc2)cc1. The van der Waals surface area contributed by atoms with Gasteiger partial charge in [0.05, 0.1) is 0 Å². The Morgan fingerprint density at radius 2 is 0.560 bits per heavy atom. The van der Waals surface area contributed by atoms with Gasteiger partial charge in [0.2, 0.25) is 0 Å². The van der Waals surface area contributed by atoms with Crippen molar-refractivity contribution in [2.45, 2.75) is 0 Å². The predicted molar refractivity (Wildman–Crippen MR) is 114 cm³/mol. The minimum Gasteiger partial charge on any atom is -0.0622 e. The van der Waals surface area contributed by atoms with E-state index in [4.69, 9.17) is 0 Å². The van der Waals surface area contributed by atoms with Gasteiger partial charge >= 0.3 is 0 Å². The Morgan fingerprint density at radius 1 is 0.280 bits per heavy atom. The first kappa shape index (κ1) is 16.9. The zero-order valence-corrected chi connectivity index (χ0v) is 13.4. The molecule has 0 aliphatic heterocycles. The van der Waals surface area contributed by atoms with Crippen LogP contribution >= 0.6 is 0 Å². The molecule has 0 bridgehead atoms. The van der Waals surface area contributed by atoms with E-state index in [0.29, 0.717) is 0 Å². The smallest absolute Gasteiger partial charge is 0.00992 e. The summed E-state index contributed by atoms with van der Waals surface area (Å²) < 4.78 is 0. The Kier molecular flexibility index (Phi) is 5.27. The molecule has 0 fully saturated rings. The van der Waals surface area contributed by atoms with Crippen molar-refractivity contribution in [3.63, 3.8) is 0 Å². The molecule has 0 nitrogen and oxygen atoms in total. The molecule has 4 rings (SSSR count). The second-order valence-electron chi connectivity index (χ2n) is 5.82. The zero-order chi connectivity index (χ0) is 16.2. The Bertz CT molecular complexity index is 863. The molecule has 0 aliphatic rings. The van der Waals surface area contributed by atoms with E-state index in [1.54, 1.807) is 0 Å². The molecular formula is C24H22Si. The number of benzene rings is 4. The Balaban J connectivity index is 0.00000182. The van der Waals surface area contributed by atoms with Crippen LogP contribution in [0.1, 0.15) is 0 Å². The summed E-state index contributed by atoms with van der Waals surface area (Å²) in [7, 11) is 0. The van der Waals surface area contributed by atoms with Gasteiger partial charge in [-0.25, -0.2) is 0 Å². The highest BCUT2D eigenvalue weighted by Gasteiger charge is 2.11. The van der Waals surface area contributed by atoms with E-state index in [1.165, 1.54) is 33.4 Å². The van der Waals surface area contributed by atoms with Crippen molar-refractivity contribution in [2.75, 3.05) is 0 Å². The average molecular weight is 339 g/mol. The molecule has 0 radical (unpaired) electrons. The molecule has 0 amide bonds. The highest BCUT2D eigenvalue weighted by Crippen LogP contribution is 2.37. The average Bonchev–Trinajstić information content (AvgIpc) is 2.69. The third-order valence-electron chi connectivity index (χ3n) is 4.31. The molecule has 0 N–H and O–H groups in total. The monoisotopic (exact) mass is 338 g/mol. The van der Waals surface area contributed by atoms with Crippen LogP contribution < -0.4 is 0 Å². The van der Waals surface area contributed by atoms with Crippen molar-refractivity contribution in [1.29, 1.82) is 0 Å². The lowest BCUT2D eigenvalue weighted by Gasteiger charge is -2.14. The molecule has 0 heterocycles. The second kappa shape index (κ2) is 7.78. The lowest BCUT2D eigenvalue weighted by Crippen LogP contribution is -1.88.